The molecule has 0 unspecified atom stereocenters. The van der Waals surface area contributed by atoms with Crippen LogP contribution in [0.3, 0.4) is 0 Å². The van der Waals surface area contributed by atoms with Crippen molar-refractivity contribution in [3.63, 3.8) is 0 Å². The van der Waals surface area contributed by atoms with E-state index in [-0.39, 0.29) is 12.5 Å². The van der Waals surface area contributed by atoms with E-state index in [2.05, 4.69) is 11.1 Å². The number of rotatable bonds is 5. The van der Waals surface area contributed by atoms with Crippen LogP contribution >= 0.6 is 0 Å². The van der Waals surface area contributed by atoms with Crippen LogP contribution in [0.2, 0.25) is 0 Å². The Balaban J connectivity index is 1.36. The monoisotopic (exact) mass is 438 g/mol. The Morgan fingerprint density at radius 3 is 2.55 bits per heavy atom. The first-order valence-electron chi connectivity index (χ1n) is 10.8. The molecule has 1 saturated heterocycles. The average molecular weight is 438 g/mol. The lowest BCUT2D eigenvalue weighted by molar-refractivity contribution is 0.0713. The highest BCUT2D eigenvalue weighted by atomic mass is 16.5. The number of benzene rings is 2. The molecule has 1 aliphatic heterocycles. The molecule has 0 radical (unpaired) electrons. The molecule has 1 aliphatic rings. The summed E-state index contributed by atoms with van der Waals surface area (Å²) in [4.78, 5) is 21.6. The zero-order valence-electron chi connectivity index (χ0n) is 18.0. The maximum absolute atomic E-state index is 13.5. The fourth-order valence-corrected chi connectivity index (χ4v) is 4.09. The van der Waals surface area contributed by atoms with E-state index in [9.17, 15) is 10.1 Å². The summed E-state index contributed by atoms with van der Waals surface area (Å²) in [5, 5.41) is 10.2. The molecule has 3 heterocycles. The van der Waals surface area contributed by atoms with Gasteiger partial charge in [0.25, 0.3) is 5.91 Å². The Morgan fingerprint density at radius 1 is 1.00 bits per heavy atom. The maximum Gasteiger partial charge on any atom is 0.290 e. The second kappa shape index (κ2) is 9.05. The maximum atomic E-state index is 13.5. The summed E-state index contributed by atoms with van der Waals surface area (Å²) in [5.74, 6) is 1.56. The van der Waals surface area contributed by atoms with Crippen LogP contribution in [-0.2, 0) is 6.61 Å². The molecular weight excluding hydrogens is 416 g/mol. The van der Waals surface area contributed by atoms with Gasteiger partial charge < -0.3 is 19.0 Å². The number of fused-ring (bicyclic) bond motifs is 1. The van der Waals surface area contributed by atoms with Gasteiger partial charge in [-0.15, -0.1) is 0 Å². The van der Waals surface area contributed by atoms with E-state index in [4.69, 9.17) is 9.15 Å². The van der Waals surface area contributed by atoms with Gasteiger partial charge in [0.1, 0.15) is 29.8 Å². The lowest BCUT2D eigenvalue weighted by atomic mass is 10.1. The van der Waals surface area contributed by atoms with Crippen LogP contribution in [0.15, 0.2) is 77.3 Å². The number of aromatic nitrogens is 1. The fraction of sp³-hybridized carbons (Fsp3) is 0.192. The number of carbonyl (C=O) groups excluding carboxylic acids is 1. The van der Waals surface area contributed by atoms with Gasteiger partial charge in [-0.25, -0.2) is 4.98 Å². The molecule has 7 heteroatoms. The minimum atomic E-state index is -0.154. The van der Waals surface area contributed by atoms with Crippen molar-refractivity contribution in [2.24, 2.45) is 0 Å². The summed E-state index contributed by atoms with van der Waals surface area (Å²) < 4.78 is 12.0. The highest BCUT2D eigenvalue weighted by Gasteiger charge is 2.29. The Bertz CT molecular complexity index is 1320. The third-order valence-electron chi connectivity index (χ3n) is 5.79. The van der Waals surface area contributed by atoms with Gasteiger partial charge in [0.2, 0.25) is 0 Å². The first-order valence-corrected chi connectivity index (χ1v) is 10.8. The number of hydrogen-bond donors (Lipinski definition) is 0. The Hall–Kier alpha value is -4.31. The Labute approximate surface area is 191 Å². The van der Waals surface area contributed by atoms with Crippen molar-refractivity contribution in [2.45, 2.75) is 6.61 Å². The van der Waals surface area contributed by atoms with Crippen molar-refractivity contribution in [1.29, 1.82) is 5.26 Å². The smallest absolute Gasteiger partial charge is 0.290 e. The third kappa shape index (κ3) is 4.11. The van der Waals surface area contributed by atoms with Crippen LogP contribution in [-0.4, -0.2) is 42.0 Å². The molecule has 0 atom stereocenters. The number of anilines is 1. The van der Waals surface area contributed by atoms with Crippen LogP contribution in [0.25, 0.3) is 11.0 Å². The number of hydrogen-bond acceptors (Lipinski definition) is 6. The molecule has 1 amide bonds. The minimum Gasteiger partial charge on any atom is -0.489 e. The van der Waals surface area contributed by atoms with Gasteiger partial charge in [-0.1, -0.05) is 36.4 Å². The number of amides is 1. The standard InChI is InChI=1S/C26H22N4O3/c27-17-19-7-6-12-28-25(19)29-13-15-30(16-14-29)26(31)24-22(18-32-20-8-2-1-3-9-20)21-10-4-5-11-23(21)33-24/h1-12H,13-16,18H2. The number of nitrogens with zero attached hydrogens (tertiary/aromatic N) is 4. The van der Waals surface area contributed by atoms with Crippen molar-refractivity contribution in [3.05, 3.63) is 89.8 Å². The van der Waals surface area contributed by atoms with E-state index in [1.165, 1.54) is 0 Å². The molecule has 5 rings (SSSR count). The largest absolute Gasteiger partial charge is 0.489 e. The number of piperazine rings is 1. The predicted molar refractivity (Wildman–Crippen MR) is 124 cm³/mol. The van der Waals surface area contributed by atoms with Gasteiger partial charge in [-0.05, 0) is 30.3 Å². The van der Waals surface area contributed by atoms with E-state index in [1.807, 2.05) is 59.5 Å². The molecule has 2 aromatic heterocycles. The normalized spacial score (nSPS) is 13.7. The number of para-hydroxylation sites is 2. The quantitative estimate of drug-likeness (QED) is 0.464. The van der Waals surface area contributed by atoms with Crippen LogP contribution in [0.1, 0.15) is 21.7 Å². The molecule has 0 aliphatic carbocycles. The molecule has 0 spiro atoms. The van der Waals surface area contributed by atoms with Gasteiger partial charge >= 0.3 is 0 Å². The molecule has 2 aromatic carbocycles. The number of furan rings is 1. The van der Waals surface area contributed by atoms with Crippen molar-refractivity contribution in [3.8, 4) is 11.8 Å². The van der Waals surface area contributed by atoms with Crippen LogP contribution in [0, 0.1) is 11.3 Å². The van der Waals surface area contributed by atoms with Crippen LogP contribution < -0.4 is 9.64 Å². The molecule has 0 bridgehead atoms. The lowest BCUT2D eigenvalue weighted by Gasteiger charge is -2.35. The zero-order valence-corrected chi connectivity index (χ0v) is 18.0. The summed E-state index contributed by atoms with van der Waals surface area (Å²) in [6, 6.07) is 22.8. The highest BCUT2D eigenvalue weighted by molar-refractivity contribution is 5.99. The molecule has 4 aromatic rings. The molecule has 0 saturated carbocycles. The number of pyridine rings is 1. The topological polar surface area (TPSA) is 82.6 Å². The second-order valence-electron chi connectivity index (χ2n) is 7.77. The summed E-state index contributed by atoms with van der Waals surface area (Å²) in [7, 11) is 0. The van der Waals surface area contributed by atoms with Crippen molar-refractivity contribution in [2.75, 3.05) is 31.1 Å². The Morgan fingerprint density at radius 2 is 1.76 bits per heavy atom. The van der Waals surface area contributed by atoms with Gasteiger partial charge in [0.05, 0.1) is 5.56 Å². The van der Waals surface area contributed by atoms with E-state index in [0.29, 0.717) is 48.9 Å². The molecule has 33 heavy (non-hydrogen) atoms. The van der Waals surface area contributed by atoms with Gasteiger partial charge in [-0.3, -0.25) is 4.79 Å². The molecule has 1 fully saturated rings. The molecule has 0 N–H and O–H groups in total. The average Bonchev–Trinajstić information content (AvgIpc) is 3.26. The van der Waals surface area contributed by atoms with Crippen LogP contribution in [0.5, 0.6) is 5.75 Å². The first kappa shape index (κ1) is 20.6. The van der Waals surface area contributed by atoms with Gasteiger partial charge in [-0.2, -0.15) is 5.26 Å². The van der Waals surface area contributed by atoms with Gasteiger partial charge in [0, 0.05) is 43.3 Å². The minimum absolute atomic E-state index is 0.154. The van der Waals surface area contributed by atoms with Crippen LogP contribution in [0.4, 0.5) is 5.82 Å². The molecule has 164 valence electrons. The zero-order chi connectivity index (χ0) is 22.6. The molecular formula is C26H22N4O3. The third-order valence-corrected chi connectivity index (χ3v) is 5.79. The number of carbonyl (C=O) groups is 1. The lowest BCUT2D eigenvalue weighted by Crippen LogP contribution is -2.49. The summed E-state index contributed by atoms with van der Waals surface area (Å²) in [6.07, 6.45) is 1.68. The Kier molecular flexibility index (Phi) is 5.64. The van der Waals surface area contributed by atoms with Crippen molar-refractivity contribution in [1.82, 2.24) is 9.88 Å². The fourth-order valence-electron chi connectivity index (χ4n) is 4.09. The number of nitriles is 1. The summed E-state index contributed by atoms with van der Waals surface area (Å²) in [6.45, 7) is 2.44. The van der Waals surface area contributed by atoms with E-state index < -0.39 is 0 Å². The summed E-state index contributed by atoms with van der Waals surface area (Å²) >= 11 is 0. The highest BCUT2D eigenvalue weighted by Crippen LogP contribution is 2.29. The van der Waals surface area contributed by atoms with Crippen molar-refractivity contribution < 1.29 is 13.9 Å². The predicted octanol–water partition coefficient (Wildman–Crippen LogP) is 4.24. The van der Waals surface area contributed by atoms with E-state index in [1.54, 1.807) is 23.2 Å². The second-order valence-corrected chi connectivity index (χ2v) is 7.77. The van der Waals surface area contributed by atoms with Crippen molar-refractivity contribution >= 4 is 22.7 Å². The molecule has 7 nitrogen and oxygen atoms in total. The first-order chi connectivity index (χ1) is 16.2. The summed E-state index contributed by atoms with van der Waals surface area (Å²) in [5.41, 5.74) is 1.95. The van der Waals surface area contributed by atoms with E-state index in [0.717, 1.165) is 16.7 Å². The van der Waals surface area contributed by atoms with Gasteiger partial charge in [0.15, 0.2) is 5.76 Å². The van der Waals surface area contributed by atoms with E-state index >= 15 is 0 Å². The number of ether oxygens (including phenoxy) is 1. The SMILES string of the molecule is N#Cc1cccnc1N1CCN(C(=O)c2oc3ccccc3c2COc2ccccc2)CC1.